The molecule has 1 aromatic carbocycles. The molecule has 132 valence electrons. The average molecular weight is 371 g/mol. The van der Waals surface area contributed by atoms with E-state index in [0.29, 0.717) is 13.1 Å². The van der Waals surface area contributed by atoms with Crippen molar-refractivity contribution in [3.8, 4) is 0 Å². The molecule has 0 spiro atoms. The predicted octanol–water partition coefficient (Wildman–Crippen LogP) is 2.30. The molecule has 1 saturated heterocycles. The van der Waals surface area contributed by atoms with E-state index in [4.69, 9.17) is 5.73 Å². The van der Waals surface area contributed by atoms with Crippen LogP contribution >= 0.6 is 24.8 Å². The van der Waals surface area contributed by atoms with Gasteiger partial charge < -0.3 is 10.6 Å². The van der Waals surface area contributed by atoms with Crippen LogP contribution < -0.4 is 5.73 Å². The molecule has 1 fully saturated rings. The number of carbonyl (C=O) groups is 1. The fraction of sp³-hybridized carbons (Fsp3) is 0.412. The van der Waals surface area contributed by atoms with Crippen LogP contribution in [0, 0.1) is 13.8 Å². The Labute approximate surface area is 155 Å². The molecular weight excluding hydrogens is 347 g/mol. The number of carbonyl (C=O) groups excluding carboxylic acids is 1. The van der Waals surface area contributed by atoms with Crippen molar-refractivity contribution in [1.82, 2.24) is 14.7 Å². The number of amides is 1. The Morgan fingerprint density at radius 2 is 1.88 bits per heavy atom. The number of aromatic nitrogens is 2. The second kappa shape index (κ2) is 8.51. The van der Waals surface area contributed by atoms with Gasteiger partial charge in [-0.05, 0) is 25.5 Å². The molecule has 5 nitrogen and oxygen atoms in total. The van der Waals surface area contributed by atoms with Crippen LogP contribution in [-0.4, -0.2) is 39.7 Å². The highest BCUT2D eigenvalue weighted by Crippen LogP contribution is 2.26. The summed E-state index contributed by atoms with van der Waals surface area (Å²) < 4.78 is 1.76. The first kappa shape index (κ1) is 20.5. The Bertz CT molecular complexity index is 674. The van der Waals surface area contributed by atoms with Gasteiger partial charge in [-0.1, -0.05) is 30.3 Å². The van der Waals surface area contributed by atoms with Crippen LogP contribution in [0.15, 0.2) is 36.4 Å². The third kappa shape index (κ3) is 4.29. The van der Waals surface area contributed by atoms with Crippen molar-refractivity contribution in [3.05, 3.63) is 53.3 Å². The van der Waals surface area contributed by atoms with E-state index in [1.54, 1.807) is 4.68 Å². The number of nitrogens with zero attached hydrogens (tertiary/aromatic N) is 3. The quantitative estimate of drug-likeness (QED) is 0.901. The second-order valence-corrected chi connectivity index (χ2v) is 6.06. The molecule has 2 N–H and O–H groups in total. The van der Waals surface area contributed by atoms with Crippen molar-refractivity contribution in [2.24, 2.45) is 5.73 Å². The predicted molar refractivity (Wildman–Crippen MR) is 99.9 cm³/mol. The molecule has 1 amide bonds. The van der Waals surface area contributed by atoms with Crippen LogP contribution in [0.25, 0.3) is 0 Å². The van der Waals surface area contributed by atoms with Crippen molar-refractivity contribution in [2.45, 2.75) is 32.4 Å². The molecule has 7 heteroatoms. The normalized spacial score (nSPS) is 19.5. The summed E-state index contributed by atoms with van der Waals surface area (Å²) >= 11 is 0. The van der Waals surface area contributed by atoms with Crippen LogP contribution in [0.4, 0.5) is 0 Å². The molecule has 0 aliphatic carbocycles. The number of rotatable bonds is 3. The van der Waals surface area contributed by atoms with Gasteiger partial charge in [-0.2, -0.15) is 5.10 Å². The Kier molecular flexibility index (Phi) is 7.27. The standard InChI is InChI=1S/C17H22N4O.2ClH/c1-12-8-13(2)21(19-12)11-17(22)20-9-15(16(18)10-20)14-6-4-3-5-7-14;;/h3-8,15-16H,9-11,18H2,1-2H3;2*1H/t15-,16+;;/m0../s1. The van der Waals surface area contributed by atoms with Crippen molar-refractivity contribution < 1.29 is 4.79 Å². The molecule has 0 bridgehead atoms. The molecule has 3 rings (SSSR count). The summed E-state index contributed by atoms with van der Waals surface area (Å²) in [6.45, 7) is 5.48. The molecule has 1 aliphatic heterocycles. The molecule has 0 saturated carbocycles. The van der Waals surface area contributed by atoms with E-state index in [1.807, 2.05) is 43.0 Å². The van der Waals surface area contributed by atoms with Gasteiger partial charge in [0.2, 0.25) is 5.91 Å². The Hall–Kier alpha value is -1.56. The van der Waals surface area contributed by atoms with E-state index in [-0.39, 0.29) is 49.2 Å². The van der Waals surface area contributed by atoms with E-state index >= 15 is 0 Å². The number of aryl methyl sites for hydroxylation is 2. The summed E-state index contributed by atoms with van der Waals surface area (Å²) in [5, 5.41) is 4.36. The lowest BCUT2D eigenvalue weighted by molar-refractivity contribution is -0.131. The fourth-order valence-corrected chi connectivity index (χ4v) is 3.15. The third-order valence-electron chi connectivity index (χ3n) is 4.33. The molecular formula is C17H24Cl2N4O. The monoisotopic (exact) mass is 370 g/mol. The smallest absolute Gasteiger partial charge is 0.244 e. The van der Waals surface area contributed by atoms with Gasteiger partial charge in [0.1, 0.15) is 6.54 Å². The van der Waals surface area contributed by atoms with Crippen LogP contribution in [0.2, 0.25) is 0 Å². The zero-order valence-corrected chi connectivity index (χ0v) is 15.5. The molecule has 0 radical (unpaired) electrons. The highest BCUT2D eigenvalue weighted by atomic mass is 35.5. The summed E-state index contributed by atoms with van der Waals surface area (Å²) in [6.07, 6.45) is 0. The highest BCUT2D eigenvalue weighted by Gasteiger charge is 2.33. The van der Waals surface area contributed by atoms with Crippen molar-refractivity contribution in [1.29, 1.82) is 0 Å². The first-order valence-electron chi connectivity index (χ1n) is 7.64. The van der Waals surface area contributed by atoms with Gasteiger partial charge >= 0.3 is 0 Å². The summed E-state index contributed by atoms with van der Waals surface area (Å²) in [5.41, 5.74) is 9.40. The highest BCUT2D eigenvalue weighted by molar-refractivity contribution is 5.85. The van der Waals surface area contributed by atoms with Gasteiger partial charge in [0, 0.05) is 30.7 Å². The Balaban J connectivity index is 0.00000144. The number of halogens is 2. The van der Waals surface area contributed by atoms with Gasteiger partial charge in [0.05, 0.1) is 5.69 Å². The van der Waals surface area contributed by atoms with Gasteiger partial charge in [0.25, 0.3) is 0 Å². The minimum Gasteiger partial charge on any atom is -0.339 e. The average Bonchev–Trinajstić information content (AvgIpc) is 3.03. The second-order valence-electron chi connectivity index (χ2n) is 6.06. The van der Waals surface area contributed by atoms with E-state index < -0.39 is 0 Å². The molecule has 0 unspecified atom stereocenters. The minimum absolute atomic E-state index is 0. The van der Waals surface area contributed by atoms with Crippen molar-refractivity contribution in [2.75, 3.05) is 13.1 Å². The molecule has 1 aliphatic rings. The summed E-state index contributed by atoms with van der Waals surface area (Å²) in [4.78, 5) is 14.4. The van der Waals surface area contributed by atoms with Crippen molar-refractivity contribution >= 4 is 30.7 Å². The zero-order chi connectivity index (χ0) is 15.7. The third-order valence-corrected chi connectivity index (χ3v) is 4.33. The van der Waals surface area contributed by atoms with E-state index in [1.165, 1.54) is 5.56 Å². The lowest BCUT2D eigenvalue weighted by atomic mass is 9.95. The number of hydrogen-bond donors (Lipinski definition) is 1. The molecule has 1 aromatic heterocycles. The van der Waals surface area contributed by atoms with E-state index in [0.717, 1.165) is 11.4 Å². The topological polar surface area (TPSA) is 64.2 Å². The number of benzene rings is 1. The Morgan fingerprint density at radius 1 is 1.21 bits per heavy atom. The summed E-state index contributed by atoms with van der Waals surface area (Å²) in [6, 6.07) is 12.2. The van der Waals surface area contributed by atoms with Crippen LogP contribution in [0.1, 0.15) is 22.9 Å². The SMILES string of the molecule is Cc1cc(C)n(CC(=O)N2C[C@@H](N)[C@H](c3ccccc3)C2)n1.Cl.Cl. The first-order chi connectivity index (χ1) is 10.5. The van der Waals surface area contributed by atoms with Crippen LogP contribution in [0.5, 0.6) is 0 Å². The van der Waals surface area contributed by atoms with Crippen LogP contribution in [0.3, 0.4) is 0 Å². The maximum Gasteiger partial charge on any atom is 0.244 e. The summed E-state index contributed by atoms with van der Waals surface area (Å²) in [7, 11) is 0. The van der Waals surface area contributed by atoms with Crippen molar-refractivity contribution in [3.63, 3.8) is 0 Å². The Morgan fingerprint density at radius 3 is 2.46 bits per heavy atom. The van der Waals surface area contributed by atoms with Gasteiger partial charge in [0.15, 0.2) is 0 Å². The molecule has 2 heterocycles. The maximum absolute atomic E-state index is 12.5. The van der Waals surface area contributed by atoms with Crippen LogP contribution in [-0.2, 0) is 11.3 Å². The number of hydrogen-bond acceptors (Lipinski definition) is 3. The lowest BCUT2D eigenvalue weighted by Crippen LogP contribution is -2.34. The molecule has 2 aromatic rings. The largest absolute Gasteiger partial charge is 0.339 e. The van der Waals surface area contributed by atoms with E-state index in [9.17, 15) is 4.79 Å². The van der Waals surface area contributed by atoms with Gasteiger partial charge in [-0.15, -0.1) is 24.8 Å². The summed E-state index contributed by atoms with van der Waals surface area (Å²) in [5.74, 6) is 0.297. The van der Waals surface area contributed by atoms with Gasteiger partial charge in [-0.25, -0.2) is 0 Å². The lowest BCUT2D eigenvalue weighted by Gasteiger charge is -2.17. The minimum atomic E-state index is -0.00759. The number of nitrogens with two attached hydrogens (primary N) is 1. The first-order valence-corrected chi connectivity index (χ1v) is 7.64. The maximum atomic E-state index is 12.5. The fourth-order valence-electron chi connectivity index (χ4n) is 3.15. The van der Waals surface area contributed by atoms with Gasteiger partial charge in [-0.3, -0.25) is 9.48 Å². The number of likely N-dealkylation sites (tertiary alicyclic amines) is 1. The molecule has 2 atom stereocenters. The zero-order valence-electron chi connectivity index (χ0n) is 13.9. The van der Waals surface area contributed by atoms with E-state index in [2.05, 4.69) is 17.2 Å². The molecule has 24 heavy (non-hydrogen) atoms.